The average molecular weight is 298 g/mol. The second-order valence-electron chi connectivity index (χ2n) is 5.40. The number of hydrogen-bond donors (Lipinski definition) is 3. The highest BCUT2D eigenvalue weighted by Gasteiger charge is 2.05. The van der Waals surface area contributed by atoms with E-state index in [-0.39, 0.29) is 18.6 Å². The minimum atomic E-state index is -0.225. The van der Waals surface area contributed by atoms with Crippen LogP contribution in [0.3, 0.4) is 0 Å². The van der Waals surface area contributed by atoms with E-state index in [4.69, 9.17) is 5.11 Å². The largest absolute Gasteiger partial charge is 0.396 e. The van der Waals surface area contributed by atoms with Crippen molar-refractivity contribution >= 4 is 11.7 Å². The number of anilines is 1. The van der Waals surface area contributed by atoms with Crippen LogP contribution in [0.5, 0.6) is 0 Å². The first-order chi connectivity index (χ1) is 10.7. The van der Waals surface area contributed by atoms with Gasteiger partial charge in [0.15, 0.2) is 0 Å². The molecule has 2 aromatic rings. The van der Waals surface area contributed by atoms with E-state index < -0.39 is 0 Å². The second-order valence-corrected chi connectivity index (χ2v) is 5.40. The van der Waals surface area contributed by atoms with Crippen LogP contribution in [0.15, 0.2) is 54.6 Å². The summed E-state index contributed by atoms with van der Waals surface area (Å²) < 4.78 is 0. The second kappa shape index (κ2) is 8.20. The molecular formula is C18H22N2O2. The van der Waals surface area contributed by atoms with Crippen molar-refractivity contribution in [2.24, 2.45) is 5.92 Å². The molecule has 0 heterocycles. The summed E-state index contributed by atoms with van der Waals surface area (Å²) in [5.41, 5.74) is 3.02. The SMILES string of the molecule is CC(CCO)CNC(=O)Nc1ccc(-c2ccccc2)cc1. The Hall–Kier alpha value is -2.33. The fourth-order valence-corrected chi connectivity index (χ4v) is 2.14. The van der Waals surface area contributed by atoms with Crippen molar-refractivity contribution in [2.45, 2.75) is 13.3 Å². The maximum Gasteiger partial charge on any atom is 0.319 e. The third-order valence-electron chi connectivity index (χ3n) is 3.48. The summed E-state index contributed by atoms with van der Waals surface area (Å²) in [6.45, 7) is 2.69. The lowest BCUT2D eigenvalue weighted by atomic mass is 10.1. The first-order valence-corrected chi connectivity index (χ1v) is 7.50. The number of rotatable bonds is 6. The Morgan fingerprint density at radius 1 is 1.05 bits per heavy atom. The molecule has 0 radical (unpaired) electrons. The van der Waals surface area contributed by atoms with Crippen LogP contribution in [0.25, 0.3) is 11.1 Å². The average Bonchev–Trinajstić information content (AvgIpc) is 2.55. The van der Waals surface area contributed by atoms with Gasteiger partial charge in [-0.1, -0.05) is 49.4 Å². The Balaban J connectivity index is 1.87. The van der Waals surface area contributed by atoms with Crippen molar-refractivity contribution in [3.63, 3.8) is 0 Å². The molecule has 1 unspecified atom stereocenters. The monoisotopic (exact) mass is 298 g/mol. The fourth-order valence-electron chi connectivity index (χ4n) is 2.14. The van der Waals surface area contributed by atoms with Gasteiger partial charge in [-0.15, -0.1) is 0 Å². The molecule has 0 saturated heterocycles. The van der Waals surface area contributed by atoms with E-state index in [1.807, 2.05) is 49.4 Å². The van der Waals surface area contributed by atoms with Crippen LogP contribution >= 0.6 is 0 Å². The Morgan fingerprint density at radius 3 is 2.32 bits per heavy atom. The van der Waals surface area contributed by atoms with E-state index in [2.05, 4.69) is 22.8 Å². The molecule has 2 amide bonds. The van der Waals surface area contributed by atoms with Crippen LogP contribution in [0.4, 0.5) is 10.5 Å². The summed E-state index contributed by atoms with van der Waals surface area (Å²) >= 11 is 0. The summed E-state index contributed by atoms with van der Waals surface area (Å²) in [4.78, 5) is 11.8. The predicted molar refractivity (Wildman–Crippen MR) is 89.8 cm³/mol. The quantitative estimate of drug-likeness (QED) is 0.764. The van der Waals surface area contributed by atoms with Gasteiger partial charge in [0, 0.05) is 18.8 Å². The predicted octanol–water partition coefficient (Wildman–Crippen LogP) is 3.49. The summed E-state index contributed by atoms with van der Waals surface area (Å²) in [6.07, 6.45) is 0.687. The van der Waals surface area contributed by atoms with Gasteiger partial charge < -0.3 is 15.7 Å². The molecule has 1 atom stereocenters. The number of aliphatic hydroxyl groups excluding tert-OH is 1. The molecule has 0 aliphatic carbocycles. The van der Waals surface area contributed by atoms with Gasteiger partial charge in [0.05, 0.1) is 0 Å². The normalized spacial score (nSPS) is 11.7. The highest BCUT2D eigenvalue weighted by Crippen LogP contribution is 2.20. The highest BCUT2D eigenvalue weighted by atomic mass is 16.3. The zero-order valence-corrected chi connectivity index (χ0v) is 12.8. The summed E-state index contributed by atoms with van der Waals surface area (Å²) in [7, 11) is 0. The number of carbonyl (C=O) groups excluding carboxylic acids is 1. The molecule has 0 aromatic heterocycles. The van der Waals surface area contributed by atoms with E-state index >= 15 is 0 Å². The molecule has 22 heavy (non-hydrogen) atoms. The molecule has 2 rings (SSSR count). The molecule has 0 spiro atoms. The van der Waals surface area contributed by atoms with Crippen molar-refractivity contribution in [2.75, 3.05) is 18.5 Å². The molecular weight excluding hydrogens is 276 g/mol. The minimum Gasteiger partial charge on any atom is -0.396 e. The van der Waals surface area contributed by atoms with Crippen molar-refractivity contribution in [3.05, 3.63) is 54.6 Å². The van der Waals surface area contributed by atoms with Gasteiger partial charge in [0.2, 0.25) is 0 Å². The van der Waals surface area contributed by atoms with Crippen LogP contribution in [0.2, 0.25) is 0 Å². The van der Waals surface area contributed by atoms with E-state index in [1.165, 1.54) is 0 Å². The van der Waals surface area contributed by atoms with Gasteiger partial charge in [0.1, 0.15) is 0 Å². The fraction of sp³-hybridized carbons (Fsp3) is 0.278. The topological polar surface area (TPSA) is 61.4 Å². The number of nitrogens with one attached hydrogen (secondary N) is 2. The van der Waals surface area contributed by atoms with E-state index in [0.29, 0.717) is 13.0 Å². The van der Waals surface area contributed by atoms with Gasteiger partial charge >= 0.3 is 6.03 Å². The van der Waals surface area contributed by atoms with Crippen LogP contribution < -0.4 is 10.6 Å². The number of amides is 2. The Morgan fingerprint density at radius 2 is 1.68 bits per heavy atom. The van der Waals surface area contributed by atoms with Crippen LogP contribution in [0.1, 0.15) is 13.3 Å². The lowest BCUT2D eigenvalue weighted by Crippen LogP contribution is -2.32. The molecule has 0 bridgehead atoms. The molecule has 2 aromatic carbocycles. The van der Waals surface area contributed by atoms with Crippen molar-refractivity contribution in [3.8, 4) is 11.1 Å². The van der Waals surface area contributed by atoms with E-state index in [0.717, 1.165) is 16.8 Å². The van der Waals surface area contributed by atoms with Crippen molar-refractivity contribution in [1.82, 2.24) is 5.32 Å². The molecule has 116 valence electrons. The summed E-state index contributed by atoms with van der Waals surface area (Å²) in [5, 5.41) is 14.4. The third kappa shape index (κ3) is 4.90. The van der Waals surface area contributed by atoms with Gasteiger partial charge in [0.25, 0.3) is 0 Å². The third-order valence-corrected chi connectivity index (χ3v) is 3.48. The first-order valence-electron chi connectivity index (χ1n) is 7.50. The van der Waals surface area contributed by atoms with Gasteiger partial charge in [-0.25, -0.2) is 4.79 Å². The number of carbonyl (C=O) groups is 1. The van der Waals surface area contributed by atoms with Crippen LogP contribution in [0, 0.1) is 5.92 Å². The zero-order chi connectivity index (χ0) is 15.8. The maximum atomic E-state index is 11.8. The smallest absolute Gasteiger partial charge is 0.319 e. The van der Waals surface area contributed by atoms with Crippen LogP contribution in [-0.4, -0.2) is 24.3 Å². The summed E-state index contributed by atoms with van der Waals surface area (Å²) in [6, 6.07) is 17.6. The number of aliphatic hydroxyl groups is 1. The number of urea groups is 1. The standard InChI is InChI=1S/C18H22N2O2/c1-14(11-12-21)13-19-18(22)20-17-9-7-16(8-10-17)15-5-3-2-4-6-15/h2-10,14,21H,11-13H2,1H3,(H2,19,20,22). The Labute approximate surface area is 131 Å². The Kier molecular flexibility index (Phi) is 5.98. The maximum absolute atomic E-state index is 11.8. The lowest BCUT2D eigenvalue weighted by molar-refractivity contribution is 0.243. The van der Waals surface area contributed by atoms with E-state index in [1.54, 1.807) is 0 Å². The Bertz CT molecular complexity index is 582. The molecule has 4 heteroatoms. The molecule has 0 saturated carbocycles. The molecule has 0 aliphatic heterocycles. The van der Waals surface area contributed by atoms with Crippen LogP contribution in [-0.2, 0) is 0 Å². The van der Waals surface area contributed by atoms with Gasteiger partial charge in [-0.3, -0.25) is 0 Å². The van der Waals surface area contributed by atoms with Gasteiger partial charge in [-0.2, -0.15) is 0 Å². The zero-order valence-electron chi connectivity index (χ0n) is 12.8. The molecule has 4 nitrogen and oxygen atoms in total. The molecule has 0 aliphatic rings. The van der Waals surface area contributed by atoms with E-state index in [9.17, 15) is 4.79 Å². The number of hydrogen-bond acceptors (Lipinski definition) is 2. The van der Waals surface area contributed by atoms with Crippen molar-refractivity contribution in [1.29, 1.82) is 0 Å². The number of benzene rings is 2. The first kappa shape index (κ1) is 16.0. The van der Waals surface area contributed by atoms with Gasteiger partial charge in [-0.05, 0) is 35.6 Å². The minimum absolute atomic E-state index is 0.144. The molecule has 3 N–H and O–H groups in total. The molecule has 0 fully saturated rings. The highest BCUT2D eigenvalue weighted by molar-refractivity contribution is 5.89. The summed E-state index contributed by atoms with van der Waals surface area (Å²) in [5.74, 6) is 0.260. The lowest BCUT2D eigenvalue weighted by Gasteiger charge is -2.12. The van der Waals surface area contributed by atoms with Crippen molar-refractivity contribution < 1.29 is 9.90 Å².